The van der Waals surface area contributed by atoms with Crippen LogP contribution in [0.2, 0.25) is 0 Å². The minimum atomic E-state index is 0.543. The van der Waals surface area contributed by atoms with E-state index in [4.69, 9.17) is 0 Å². The molecule has 0 saturated heterocycles. The van der Waals surface area contributed by atoms with Crippen LogP contribution in [0.3, 0.4) is 0 Å². The molecule has 0 amide bonds. The summed E-state index contributed by atoms with van der Waals surface area (Å²) in [6, 6.07) is 19.3. The minimum absolute atomic E-state index is 0.543. The largest absolute Gasteiger partial charge is 0.384 e. The molecular formula is C18H23N. The van der Waals surface area contributed by atoms with E-state index >= 15 is 0 Å². The Hall–Kier alpha value is -1.76. The Labute approximate surface area is 116 Å². The zero-order valence-corrected chi connectivity index (χ0v) is 12.1. The first-order valence-electron chi connectivity index (χ1n) is 7.02. The summed E-state index contributed by atoms with van der Waals surface area (Å²) < 4.78 is 0. The molecule has 1 atom stereocenters. The Morgan fingerprint density at radius 3 is 2.32 bits per heavy atom. The van der Waals surface area contributed by atoms with Crippen LogP contribution < -0.4 is 5.32 Å². The van der Waals surface area contributed by atoms with Crippen LogP contribution in [0.15, 0.2) is 54.6 Å². The lowest BCUT2D eigenvalue weighted by molar-refractivity contribution is 0.517. The van der Waals surface area contributed by atoms with Crippen LogP contribution in [0.1, 0.15) is 30.9 Å². The topological polar surface area (TPSA) is 12.0 Å². The molecule has 0 saturated carbocycles. The van der Waals surface area contributed by atoms with E-state index < -0.39 is 0 Å². The fraction of sp³-hybridized carbons (Fsp3) is 0.333. The van der Waals surface area contributed by atoms with Crippen LogP contribution in [-0.2, 0) is 0 Å². The van der Waals surface area contributed by atoms with Gasteiger partial charge in [0, 0.05) is 18.2 Å². The lowest BCUT2D eigenvalue weighted by Crippen LogP contribution is -2.17. The molecule has 2 aromatic rings. The van der Waals surface area contributed by atoms with E-state index in [0.29, 0.717) is 11.8 Å². The SMILES string of the molecule is Cc1cccc(NCC(c2ccccc2)C(C)C)c1. The molecule has 100 valence electrons. The molecule has 0 aromatic heterocycles. The highest BCUT2D eigenvalue weighted by Crippen LogP contribution is 2.24. The van der Waals surface area contributed by atoms with Gasteiger partial charge in [0.15, 0.2) is 0 Å². The Balaban J connectivity index is 2.06. The molecule has 1 nitrogen and oxygen atoms in total. The molecule has 0 spiro atoms. The van der Waals surface area contributed by atoms with Crippen LogP contribution in [0.5, 0.6) is 0 Å². The van der Waals surface area contributed by atoms with E-state index in [1.807, 2.05) is 0 Å². The molecule has 0 aliphatic heterocycles. The van der Waals surface area contributed by atoms with Gasteiger partial charge in [0.05, 0.1) is 0 Å². The number of anilines is 1. The van der Waals surface area contributed by atoms with Crippen molar-refractivity contribution in [3.63, 3.8) is 0 Å². The highest BCUT2D eigenvalue weighted by atomic mass is 14.9. The number of nitrogens with one attached hydrogen (secondary N) is 1. The first kappa shape index (κ1) is 13.7. The predicted octanol–water partition coefficient (Wildman–Crippen LogP) is 4.85. The van der Waals surface area contributed by atoms with Gasteiger partial charge >= 0.3 is 0 Å². The van der Waals surface area contributed by atoms with Gasteiger partial charge in [0.1, 0.15) is 0 Å². The summed E-state index contributed by atoms with van der Waals surface area (Å²) >= 11 is 0. The average Bonchev–Trinajstić information content (AvgIpc) is 2.40. The summed E-state index contributed by atoms with van der Waals surface area (Å²) in [6.07, 6.45) is 0. The molecule has 19 heavy (non-hydrogen) atoms. The predicted molar refractivity (Wildman–Crippen MR) is 83.7 cm³/mol. The number of benzene rings is 2. The Morgan fingerprint density at radius 1 is 0.947 bits per heavy atom. The molecule has 0 aliphatic rings. The van der Waals surface area contributed by atoms with E-state index in [0.717, 1.165) is 6.54 Å². The summed E-state index contributed by atoms with van der Waals surface area (Å²) in [6.45, 7) is 7.68. The third-order valence-corrected chi connectivity index (χ3v) is 3.58. The number of aryl methyl sites for hydroxylation is 1. The molecule has 0 bridgehead atoms. The first-order valence-corrected chi connectivity index (χ1v) is 7.02. The van der Waals surface area contributed by atoms with Gasteiger partial charge in [0.25, 0.3) is 0 Å². The number of hydrogen-bond donors (Lipinski definition) is 1. The van der Waals surface area contributed by atoms with Crippen molar-refractivity contribution < 1.29 is 0 Å². The maximum atomic E-state index is 3.57. The fourth-order valence-corrected chi connectivity index (χ4v) is 2.42. The summed E-state index contributed by atoms with van der Waals surface area (Å²) in [4.78, 5) is 0. The van der Waals surface area contributed by atoms with Crippen LogP contribution in [0.4, 0.5) is 5.69 Å². The lowest BCUT2D eigenvalue weighted by atomic mass is 9.88. The van der Waals surface area contributed by atoms with Crippen molar-refractivity contribution in [2.24, 2.45) is 5.92 Å². The molecule has 0 radical (unpaired) electrons. The van der Waals surface area contributed by atoms with Gasteiger partial charge in [-0.05, 0) is 36.1 Å². The van der Waals surface area contributed by atoms with Gasteiger partial charge in [-0.1, -0.05) is 56.3 Å². The van der Waals surface area contributed by atoms with E-state index in [2.05, 4.69) is 80.7 Å². The molecule has 2 aromatic carbocycles. The molecule has 1 N–H and O–H groups in total. The zero-order valence-electron chi connectivity index (χ0n) is 12.1. The Bertz CT molecular complexity index is 502. The summed E-state index contributed by atoms with van der Waals surface area (Å²) in [5.74, 6) is 1.17. The van der Waals surface area contributed by atoms with Gasteiger partial charge < -0.3 is 5.32 Å². The quantitative estimate of drug-likeness (QED) is 0.803. The van der Waals surface area contributed by atoms with Crippen LogP contribution in [0, 0.1) is 12.8 Å². The molecule has 2 rings (SSSR count). The minimum Gasteiger partial charge on any atom is -0.384 e. The number of rotatable bonds is 5. The second kappa shape index (κ2) is 6.42. The molecule has 0 fully saturated rings. The monoisotopic (exact) mass is 253 g/mol. The van der Waals surface area contributed by atoms with E-state index in [-0.39, 0.29) is 0 Å². The zero-order chi connectivity index (χ0) is 13.7. The van der Waals surface area contributed by atoms with Gasteiger partial charge in [-0.25, -0.2) is 0 Å². The van der Waals surface area contributed by atoms with E-state index in [1.54, 1.807) is 0 Å². The highest BCUT2D eigenvalue weighted by molar-refractivity contribution is 5.45. The van der Waals surface area contributed by atoms with Gasteiger partial charge in [0.2, 0.25) is 0 Å². The van der Waals surface area contributed by atoms with Gasteiger partial charge in [-0.2, -0.15) is 0 Å². The van der Waals surface area contributed by atoms with Gasteiger partial charge in [-0.3, -0.25) is 0 Å². The van der Waals surface area contributed by atoms with E-state index in [9.17, 15) is 0 Å². The van der Waals surface area contributed by atoms with Crippen molar-refractivity contribution in [1.82, 2.24) is 0 Å². The molecular weight excluding hydrogens is 230 g/mol. The second-order valence-electron chi connectivity index (χ2n) is 5.51. The maximum Gasteiger partial charge on any atom is 0.0343 e. The third kappa shape index (κ3) is 3.85. The van der Waals surface area contributed by atoms with Gasteiger partial charge in [-0.15, -0.1) is 0 Å². The van der Waals surface area contributed by atoms with E-state index in [1.165, 1.54) is 16.8 Å². The summed E-state index contributed by atoms with van der Waals surface area (Å²) in [5.41, 5.74) is 3.92. The fourth-order valence-electron chi connectivity index (χ4n) is 2.42. The first-order chi connectivity index (χ1) is 9.16. The average molecular weight is 253 g/mol. The number of hydrogen-bond acceptors (Lipinski definition) is 1. The highest BCUT2D eigenvalue weighted by Gasteiger charge is 2.15. The third-order valence-electron chi connectivity index (χ3n) is 3.58. The standard InChI is InChI=1S/C18H23N/c1-14(2)18(16-9-5-4-6-10-16)13-19-17-11-7-8-15(3)12-17/h4-12,14,18-19H,13H2,1-3H3. The molecule has 1 unspecified atom stereocenters. The maximum absolute atomic E-state index is 3.57. The lowest BCUT2D eigenvalue weighted by Gasteiger charge is -2.22. The van der Waals surface area contributed by atoms with Crippen molar-refractivity contribution >= 4 is 5.69 Å². The molecule has 1 heteroatoms. The molecule has 0 heterocycles. The second-order valence-corrected chi connectivity index (χ2v) is 5.51. The van der Waals surface area contributed by atoms with Crippen LogP contribution >= 0.6 is 0 Å². The Kier molecular flexibility index (Phi) is 4.62. The van der Waals surface area contributed by atoms with Crippen LogP contribution in [-0.4, -0.2) is 6.54 Å². The Morgan fingerprint density at radius 2 is 1.68 bits per heavy atom. The van der Waals surface area contributed by atoms with Crippen LogP contribution in [0.25, 0.3) is 0 Å². The smallest absolute Gasteiger partial charge is 0.0343 e. The summed E-state index contributed by atoms with van der Waals surface area (Å²) in [5, 5.41) is 3.57. The summed E-state index contributed by atoms with van der Waals surface area (Å²) in [7, 11) is 0. The van der Waals surface area contributed by atoms with Crippen molar-refractivity contribution in [2.45, 2.75) is 26.7 Å². The van der Waals surface area contributed by atoms with Crippen molar-refractivity contribution in [3.8, 4) is 0 Å². The van der Waals surface area contributed by atoms with Crippen molar-refractivity contribution in [2.75, 3.05) is 11.9 Å². The normalized spacial score (nSPS) is 12.4. The van der Waals surface area contributed by atoms with Crippen molar-refractivity contribution in [3.05, 3.63) is 65.7 Å². The molecule has 0 aliphatic carbocycles. The van der Waals surface area contributed by atoms with Crippen molar-refractivity contribution in [1.29, 1.82) is 0 Å².